The smallest absolute Gasteiger partial charge is 0.196 e. The molecule has 4 heteroatoms. The number of nitrogens with zero attached hydrogens (tertiary/aromatic N) is 2. The molecular formula is C15H20N4. The Bertz CT molecular complexity index is 539. The van der Waals surface area contributed by atoms with E-state index in [0.29, 0.717) is 5.96 Å². The number of guanidine groups is 1. The highest BCUT2D eigenvalue weighted by Gasteiger charge is 2.35. The molecule has 1 aliphatic carbocycles. The van der Waals surface area contributed by atoms with Gasteiger partial charge in [-0.05, 0) is 38.2 Å². The first kappa shape index (κ1) is 12.2. The van der Waals surface area contributed by atoms with Crippen molar-refractivity contribution in [2.75, 3.05) is 0 Å². The topological polar surface area (TPSA) is 62.8 Å². The van der Waals surface area contributed by atoms with E-state index in [0.717, 1.165) is 25.1 Å². The molecule has 100 valence electrons. The zero-order valence-corrected chi connectivity index (χ0v) is 11.3. The summed E-state index contributed by atoms with van der Waals surface area (Å²) in [5.74, 6) is 1.46. The summed E-state index contributed by atoms with van der Waals surface area (Å²) in [7, 11) is 0. The molecule has 1 saturated carbocycles. The summed E-state index contributed by atoms with van der Waals surface area (Å²) in [6.07, 6.45) is 5.22. The summed E-state index contributed by atoms with van der Waals surface area (Å²) in [5.41, 5.74) is 8.18. The van der Waals surface area contributed by atoms with Gasteiger partial charge < -0.3 is 11.1 Å². The largest absolute Gasteiger partial charge is 0.370 e. The van der Waals surface area contributed by atoms with Crippen LogP contribution in [-0.4, -0.2) is 17.5 Å². The molecule has 0 saturated heterocycles. The van der Waals surface area contributed by atoms with Gasteiger partial charge in [0.2, 0.25) is 0 Å². The Morgan fingerprint density at radius 1 is 1.26 bits per heavy atom. The summed E-state index contributed by atoms with van der Waals surface area (Å²) < 4.78 is 0. The van der Waals surface area contributed by atoms with Crippen molar-refractivity contribution in [1.29, 1.82) is 0 Å². The fraction of sp³-hybridized carbons (Fsp3) is 0.467. The lowest BCUT2D eigenvalue weighted by molar-refractivity contribution is 0.456. The lowest BCUT2D eigenvalue weighted by Crippen LogP contribution is -2.45. The van der Waals surface area contributed by atoms with Crippen molar-refractivity contribution in [2.45, 2.75) is 44.7 Å². The molecule has 4 nitrogen and oxygen atoms in total. The van der Waals surface area contributed by atoms with Gasteiger partial charge in [-0.25, -0.2) is 9.98 Å². The van der Waals surface area contributed by atoms with Gasteiger partial charge in [-0.2, -0.15) is 0 Å². The molecule has 0 aromatic heterocycles. The molecule has 19 heavy (non-hydrogen) atoms. The Morgan fingerprint density at radius 2 is 2.05 bits per heavy atom. The quantitative estimate of drug-likeness (QED) is 0.851. The summed E-state index contributed by atoms with van der Waals surface area (Å²) in [6.45, 7) is 2.11. The highest BCUT2D eigenvalue weighted by atomic mass is 15.3. The van der Waals surface area contributed by atoms with Crippen LogP contribution in [0, 0.1) is 6.92 Å². The highest BCUT2D eigenvalue weighted by molar-refractivity contribution is 6.01. The van der Waals surface area contributed by atoms with Crippen molar-refractivity contribution >= 4 is 11.8 Å². The Labute approximate surface area is 113 Å². The number of hydrogen-bond acceptors (Lipinski definition) is 4. The molecule has 0 unspecified atom stereocenters. The van der Waals surface area contributed by atoms with E-state index < -0.39 is 0 Å². The van der Waals surface area contributed by atoms with Crippen molar-refractivity contribution in [3.63, 3.8) is 0 Å². The molecule has 1 aromatic carbocycles. The van der Waals surface area contributed by atoms with E-state index in [1.165, 1.54) is 24.0 Å². The summed E-state index contributed by atoms with van der Waals surface area (Å²) in [6, 6.07) is 8.50. The molecular weight excluding hydrogens is 236 g/mol. The monoisotopic (exact) mass is 256 g/mol. The van der Waals surface area contributed by atoms with Gasteiger partial charge in [0, 0.05) is 6.42 Å². The molecule has 1 heterocycles. The van der Waals surface area contributed by atoms with Crippen LogP contribution in [0.15, 0.2) is 34.3 Å². The predicted molar refractivity (Wildman–Crippen MR) is 78.3 cm³/mol. The number of amidine groups is 1. The van der Waals surface area contributed by atoms with Gasteiger partial charge >= 0.3 is 0 Å². The van der Waals surface area contributed by atoms with Gasteiger partial charge in [-0.15, -0.1) is 0 Å². The van der Waals surface area contributed by atoms with Crippen LogP contribution < -0.4 is 11.1 Å². The number of hydrogen-bond donors (Lipinski definition) is 2. The van der Waals surface area contributed by atoms with E-state index in [1.54, 1.807) is 0 Å². The second-order valence-corrected chi connectivity index (χ2v) is 5.54. The molecule has 1 fully saturated rings. The normalized spacial score (nSPS) is 20.9. The Balaban J connectivity index is 1.83. The Kier molecular flexibility index (Phi) is 3.01. The first-order chi connectivity index (χ1) is 9.15. The van der Waals surface area contributed by atoms with Gasteiger partial charge in [0.1, 0.15) is 5.84 Å². The minimum absolute atomic E-state index is 0.269. The van der Waals surface area contributed by atoms with E-state index in [2.05, 4.69) is 41.5 Å². The summed E-state index contributed by atoms with van der Waals surface area (Å²) >= 11 is 0. The standard InChI is InChI=1S/C15H20N4/c1-11-5-4-6-12(9-11)10-13-17-14(16)19-15(18-13)7-2-3-8-15/h4-6,9H,2-3,7-8,10H2,1H3,(H3,16,17,18,19). The van der Waals surface area contributed by atoms with E-state index >= 15 is 0 Å². The van der Waals surface area contributed by atoms with E-state index in [4.69, 9.17) is 10.7 Å². The van der Waals surface area contributed by atoms with Crippen LogP contribution in [0.4, 0.5) is 0 Å². The van der Waals surface area contributed by atoms with Gasteiger partial charge in [-0.3, -0.25) is 0 Å². The molecule has 3 N–H and O–H groups in total. The lowest BCUT2D eigenvalue weighted by Gasteiger charge is -2.27. The van der Waals surface area contributed by atoms with Crippen LogP contribution in [0.2, 0.25) is 0 Å². The maximum absolute atomic E-state index is 5.92. The van der Waals surface area contributed by atoms with E-state index in [9.17, 15) is 0 Å². The van der Waals surface area contributed by atoms with Crippen LogP contribution in [0.25, 0.3) is 0 Å². The Hall–Kier alpha value is -1.84. The first-order valence-electron chi connectivity index (χ1n) is 6.92. The van der Waals surface area contributed by atoms with Crippen molar-refractivity contribution in [3.8, 4) is 0 Å². The molecule has 0 bridgehead atoms. The maximum atomic E-state index is 5.92. The molecule has 1 aliphatic heterocycles. The SMILES string of the molecule is Cc1cccc(CC2=NC3(CCCC3)N=C(N)N2)c1. The fourth-order valence-corrected chi connectivity index (χ4v) is 2.97. The fourth-order valence-electron chi connectivity index (χ4n) is 2.97. The number of aryl methyl sites for hydroxylation is 1. The average Bonchev–Trinajstić information content (AvgIpc) is 2.75. The highest BCUT2D eigenvalue weighted by Crippen LogP contribution is 2.35. The number of nitrogens with one attached hydrogen (secondary N) is 1. The minimum atomic E-state index is -0.269. The van der Waals surface area contributed by atoms with Crippen molar-refractivity contribution in [3.05, 3.63) is 35.4 Å². The average molecular weight is 256 g/mol. The lowest BCUT2D eigenvalue weighted by atomic mass is 10.1. The van der Waals surface area contributed by atoms with Gasteiger partial charge in [-0.1, -0.05) is 29.8 Å². The molecule has 3 rings (SSSR count). The van der Waals surface area contributed by atoms with Crippen molar-refractivity contribution < 1.29 is 0 Å². The number of benzene rings is 1. The minimum Gasteiger partial charge on any atom is -0.370 e. The Morgan fingerprint density at radius 3 is 2.79 bits per heavy atom. The van der Waals surface area contributed by atoms with Gasteiger partial charge in [0.05, 0.1) is 0 Å². The van der Waals surface area contributed by atoms with E-state index in [-0.39, 0.29) is 5.66 Å². The summed E-state index contributed by atoms with van der Waals surface area (Å²) in [4.78, 5) is 9.34. The second-order valence-electron chi connectivity index (χ2n) is 5.54. The zero-order chi connectivity index (χ0) is 13.3. The predicted octanol–water partition coefficient (Wildman–Crippen LogP) is 2.12. The van der Waals surface area contributed by atoms with Crippen LogP contribution >= 0.6 is 0 Å². The molecule has 0 amide bonds. The third-order valence-electron chi connectivity index (χ3n) is 3.80. The number of nitrogens with two attached hydrogens (primary N) is 1. The van der Waals surface area contributed by atoms with Gasteiger partial charge in [0.15, 0.2) is 11.6 Å². The third-order valence-corrected chi connectivity index (χ3v) is 3.80. The van der Waals surface area contributed by atoms with Gasteiger partial charge in [0.25, 0.3) is 0 Å². The van der Waals surface area contributed by atoms with Crippen LogP contribution in [0.3, 0.4) is 0 Å². The van der Waals surface area contributed by atoms with Crippen molar-refractivity contribution in [1.82, 2.24) is 5.32 Å². The molecule has 1 spiro atoms. The molecule has 2 aliphatic rings. The first-order valence-corrected chi connectivity index (χ1v) is 6.92. The molecule has 0 radical (unpaired) electrons. The zero-order valence-electron chi connectivity index (χ0n) is 11.3. The summed E-state index contributed by atoms with van der Waals surface area (Å²) in [5, 5.41) is 3.11. The van der Waals surface area contributed by atoms with E-state index in [1.807, 2.05) is 0 Å². The molecule has 1 aromatic rings. The van der Waals surface area contributed by atoms with Crippen LogP contribution in [0.5, 0.6) is 0 Å². The second kappa shape index (κ2) is 4.68. The number of aliphatic imine (C=N–C) groups is 2. The van der Waals surface area contributed by atoms with Crippen LogP contribution in [-0.2, 0) is 6.42 Å². The maximum Gasteiger partial charge on any atom is 0.196 e. The number of rotatable bonds is 2. The third kappa shape index (κ3) is 2.62. The van der Waals surface area contributed by atoms with Crippen molar-refractivity contribution in [2.24, 2.45) is 15.7 Å². The molecule has 0 atom stereocenters. The van der Waals surface area contributed by atoms with Crippen LogP contribution in [0.1, 0.15) is 36.8 Å².